The minimum absolute atomic E-state index is 0. The van der Waals surface area contributed by atoms with Crippen LogP contribution in [0.15, 0.2) is 23.1 Å². The smallest absolute Gasteiger partial charge is 0.243 e. The maximum Gasteiger partial charge on any atom is 0.243 e. The Morgan fingerprint density at radius 2 is 1.78 bits per heavy atom. The largest absolute Gasteiger partial charge is 0.326 e. The predicted molar refractivity (Wildman–Crippen MR) is 75.1 cm³/mol. The first-order valence-electron chi connectivity index (χ1n) is 5.11. The van der Waals surface area contributed by atoms with Crippen LogP contribution in [-0.4, -0.2) is 31.9 Å². The summed E-state index contributed by atoms with van der Waals surface area (Å²) in [6.45, 7) is 0.778. The Morgan fingerprint density at radius 3 is 2.22 bits per heavy atom. The van der Waals surface area contributed by atoms with Crippen LogP contribution in [0.5, 0.6) is 0 Å². The van der Waals surface area contributed by atoms with E-state index in [1.807, 2.05) is 0 Å². The second kappa shape index (κ2) is 5.94. The summed E-state index contributed by atoms with van der Waals surface area (Å²) in [5.74, 6) is 0. The lowest BCUT2D eigenvalue weighted by Crippen LogP contribution is -2.31. The molecule has 0 aliphatic carbocycles. The van der Waals surface area contributed by atoms with Gasteiger partial charge in [-0.3, -0.25) is 0 Å². The highest BCUT2D eigenvalue weighted by Crippen LogP contribution is 2.26. The number of nitrogens with two attached hydrogens (primary N) is 1. The molecule has 1 saturated heterocycles. The fourth-order valence-corrected chi connectivity index (χ4v) is 4.04. The van der Waals surface area contributed by atoms with Gasteiger partial charge in [0.1, 0.15) is 0 Å². The van der Waals surface area contributed by atoms with Gasteiger partial charge in [-0.1, -0.05) is 23.2 Å². The van der Waals surface area contributed by atoms with Gasteiger partial charge in [0.05, 0.1) is 4.90 Å². The minimum Gasteiger partial charge on any atom is -0.326 e. The summed E-state index contributed by atoms with van der Waals surface area (Å²) in [5, 5.41) is 0.610. The number of hydrogen-bond acceptors (Lipinski definition) is 3. The molecule has 2 N–H and O–H groups in total. The molecule has 0 saturated carbocycles. The molecule has 1 aromatic rings. The molecular weight excluding hydrogens is 319 g/mol. The van der Waals surface area contributed by atoms with Crippen LogP contribution < -0.4 is 5.73 Å². The third-order valence-electron chi connectivity index (χ3n) is 2.66. The highest BCUT2D eigenvalue weighted by molar-refractivity contribution is 7.89. The summed E-state index contributed by atoms with van der Waals surface area (Å²) >= 11 is 11.6. The summed E-state index contributed by atoms with van der Waals surface area (Å²) < 4.78 is 25.8. The van der Waals surface area contributed by atoms with Crippen LogP contribution in [0.2, 0.25) is 10.0 Å². The van der Waals surface area contributed by atoms with Gasteiger partial charge in [-0.2, -0.15) is 4.31 Å². The van der Waals surface area contributed by atoms with Crippen molar-refractivity contribution in [2.75, 3.05) is 13.1 Å². The zero-order valence-corrected chi connectivity index (χ0v) is 12.5. The van der Waals surface area contributed by atoms with E-state index < -0.39 is 10.0 Å². The third-order valence-corrected chi connectivity index (χ3v) is 4.94. The van der Waals surface area contributed by atoms with E-state index in [1.54, 1.807) is 0 Å². The lowest BCUT2D eigenvalue weighted by Gasteiger charge is -2.16. The zero-order chi connectivity index (χ0) is 12.6. The van der Waals surface area contributed by atoms with Crippen molar-refractivity contribution in [2.45, 2.75) is 17.4 Å². The molecule has 1 atom stereocenters. The van der Waals surface area contributed by atoms with E-state index in [9.17, 15) is 8.42 Å². The summed E-state index contributed by atoms with van der Waals surface area (Å²) in [6, 6.07) is 4.19. The van der Waals surface area contributed by atoms with Crippen molar-refractivity contribution in [3.8, 4) is 0 Å². The molecule has 0 spiro atoms. The number of benzene rings is 1. The van der Waals surface area contributed by atoms with Crippen LogP contribution in [0.4, 0.5) is 0 Å². The fraction of sp³-hybridized carbons (Fsp3) is 0.400. The second-order valence-corrected chi connectivity index (χ2v) is 6.83. The Bertz CT molecular complexity index is 516. The van der Waals surface area contributed by atoms with Crippen molar-refractivity contribution < 1.29 is 8.42 Å². The van der Waals surface area contributed by atoms with E-state index in [4.69, 9.17) is 28.9 Å². The van der Waals surface area contributed by atoms with Crippen LogP contribution in [0.3, 0.4) is 0 Å². The van der Waals surface area contributed by atoms with Crippen molar-refractivity contribution in [3.63, 3.8) is 0 Å². The number of nitrogens with zero attached hydrogens (tertiary/aromatic N) is 1. The lowest BCUT2D eigenvalue weighted by atomic mass is 10.3. The first kappa shape index (κ1) is 16.0. The van der Waals surface area contributed by atoms with Crippen LogP contribution >= 0.6 is 35.6 Å². The van der Waals surface area contributed by atoms with Crippen LogP contribution in [0, 0.1) is 0 Å². The Hall–Kier alpha value is -0.0400. The van der Waals surface area contributed by atoms with Crippen LogP contribution in [0.1, 0.15) is 6.42 Å². The average molecular weight is 332 g/mol. The molecule has 1 unspecified atom stereocenters. The Labute approximate surface area is 123 Å². The average Bonchev–Trinajstić information content (AvgIpc) is 2.64. The molecule has 4 nitrogen and oxygen atoms in total. The summed E-state index contributed by atoms with van der Waals surface area (Å²) in [6.07, 6.45) is 0.674. The molecule has 1 aromatic carbocycles. The van der Waals surface area contributed by atoms with Crippen LogP contribution in [0.25, 0.3) is 0 Å². The van der Waals surface area contributed by atoms with E-state index in [2.05, 4.69) is 0 Å². The van der Waals surface area contributed by atoms with Gasteiger partial charge >= 0.3 is 0 Å². The maximum atomic E-state index is 12.2. The van der Waals surface area contributed by atoms with E-state index in [0.29, 0.717) is 29.6 Å². The van der Waals surface area contributed by atoms with Gasteiger partial charge in [-0.15, -0.1) is 12.4 Å². The first-order valence-corrected chi connectivity index (χ1v) is 7.31. The monoisotopic (exact) mass is 330 g/mol. The molecule has 1 aliphatic rings. The predicted octanol–water partition coefficient (Wildman–Crippen LogP) is 2.14. The number of hydrogen-bond donors (Lipinski definition) is 1. The van der Waals surface area contributed by atoms with E-state index >= 15 is 0 Å². The molecule has 8 heteroatoms. The SMILES string of the molecule is Cl.NC1CCN(S(=O)(=O)c2cc(Cl)cc(Cl)c2)C1. The van der Waals surface area contributed by atoms with Crippen molar-refractivity contribution >= 4 is 45.6 Å². The highest BCUT2D eigenvalue weighted by Gasteiger charge is 2.31. The summed E-state index contributed by atoms with van der Waals surface area (Å²) in [5.41, 5.74) is 5.70. The van der Waals surface area contributed by atoms with Crippen LogP contribution in [-0.2, 0) is 10.0 Å². The van der Waals surface area contributed by atoms with Gasteiger partial charge in [0.25, 0.3) is 0 Å². The Morgan fingerprint density at radius 1 is 1.22 bits per heavy atom. The molecule has 1 aliphatic heterocycles. The standard InChI is InChI=1S/C10H12Cl2N2O2S.ClH/c11-7-3-8(12)5-10(4-7)17(15,16)14-2-1-9(13)6-14;/h3-5,9H,1-2,6,13H2;1H. The molecule has 2 rings (SSSR count). The fourth-order valence-electron chi connectivity index (χ4n) is 1.80. The number of sulfonamides is 1. The van der Waals surface area contributed by atoms with Crippen molar-refractivity contribution in [3.05, 3.63) is 28.2 Å². The highest BCUT2D eigenvalue weighted by atomic mass is 35.5. The molecule has 0 radical (unpaired) electrons. The quantitative estimate of drug-likeness (QED) is 0.903. The summed E-state index contributed by atoms with van der Waals surface area (Å²) in [7, 11) is -3.53. The van der Waals surface area contributed by atoms with E-state index in [1.165, 1.54) is 22.5 Å². The molecule has 18 heavy (non-hydrogen) atoms. The number of rotatable bonds is 2. The molecule has 102 valence electrons. The van der Waals surface area contributed by atoms with Gasteiger partial charge in [0.15, 0.2) is 0 Å². The molecule has 0 aromatic heterocycles. The van der Waals surface area contributed by atoms with Gasteiger partial charge in [0, 0.05) is 29.2 Å². The van der Waals surface area contributed by atoms with Gasteiger partial charge in [-0.05, 0) is 24.6 Å². The molecule has 0 amide bonds. The lowest BCUT2D eigenvalue weighted by molar-refractivity contribution is 0.472. The zero-order valence-electron chi connectivity index (χ0n) is 9.34. The van der Waals surface area contributed by atoms with E-state index in [0.717, 1.165) is 0 Å². The molecule has 0 bridgehead atoms. The Kier molecular flexibility index (Phi) is 5.29. The maximum absolute atomic E-state index is 12.2. The second-order valence-electron chi connectivity index (χ2n) is 4.02. The van der Waals surface area contributed by atoms with E-state index in [-0.39, 0.29) is 23.3 Å². The molecule has 1 fully saturated rings. The van der Waals surface area contributed by atoms with Crippen molar-refractivity contribution in [1.29, 1.82) is 0 Å². The molecule has 1 heterocycles. The van der Waals surface area contributed by atoms with Crippen molar-refractivity contribution in [2.24, 2.45) is 5.73 Å². The van der Waals surface area contributed by atoms with Gasteiger partial charge in [-0.25, -0.2) is 8.42 Å². The first-order chi connectivity index (χ1) is 7.89. The topological polar surface area (TPSA) is 63.4 Å². The normalized spacial score (nSPS) is 20.7. The van der Waals surface area contributed by atoms with Crippen molar-refractivity contribution in [1.82, 2.24) is 4.31 Å². The number of halogens is 3. The Balaban J connectivity index is 0.00000162. The van der Waals surface area contributed by atoms with Gasteiger partial charge in [0.2, 0.25) is 10.0 Å². The minimum atomic E-state index is -3.53. The molecular formula is C10H13Cl3N2O2S. The summed E-state index contributed by atoms with van der Waals surface area (Å²) in [4.78, 5) is 0.115. The van der Waals surface area contributed by atoms with Gasteiger partial charge < -0.3 is 5.73 Å². The third kappa shape index (κ3) is 3.29.